The number of aliphatic hydroxyl groups is 2. The van der Waals surface area contributed by atoms with Crippen LogP contribution in [0.3, 0.4) is 0 Å². The van der Waals surface area contributed by atoms with Gasteiger partial charge in [0.25, 0.3) is 0 Å². The minimum Gasteiger partial charge on any atom is -0.497 e. The zero-order valence-corrected chi connectivity index (χ0v) is 40.9. The molecule has 13 nitrogen and oxygen atoms in total. The van der Waals surface area contributed by atoms with E-state index in [9.17, 15) is 24.6 Å². The van der Waals surface area contributed by atoms with E-state index in [1.165, 1.54) is 63.9 Å². The van der Waals surface area contributed by atoms with Crippen LogP contribution in [0.25, 0.3) is 21.9 Å². The van der Waals surface area contributed by atoms with Gasteiger partial charge in [0.15, 0.2) is 29.4 Å². The predicted octanol–water partition coefficient (Wildman–Crippen LogP) is 9.06. The quantitative estimate of drug-likeness (QED) is 0.0912. The van der Waals surface area contributed by atoms with Crippen LogP contribution in [0.2, 0.25) is 0 Å². The number of ether oxygens (including phenoxy) is 7. The van der Waals surface area contributed by atoms with Crippen molar-refractivity contribution < 1.29 is 57.8 Å². The molecule has 1 spiro atoms. The Kier molecular flexibility index (Phi) is 11.7. The molecule has 0 aromatic heterocycles. The summed E-state index contributed by atoms with van der Waals surface area (Å²) in [5, 5.41) is 24.3. The molecule has 8 aliphatic rings. The van der Waals surface area contributed by atoms with Crippen molar-refractivity contribution in [2.75, 3.05) is 34.7 Å². The van der Waals surface area contributed by atoms with Gasteiger partial charge in [-0.15, -0.1) is 0 Å². The number of hydrogen-bond acceptors (Lipinski definition) is 13. The summed E-state index contributed by atoms with van der Waals surface area (Å²) in [5.74, 6) is 2.07. The summed E-state index contributed by atoms with van der Waals surface area (Å²) in [6.45, 7) is 3.89. The number of benzene rings is 4. The first kappa shape index (κ1) is 46.7. The van der Waals surface area contributed by atoms with Crippen LogP contribution in [0.5, 0.6) is 17.2 Å². The molecule has 1 saturated heterocycles. The van der Waals surface area contributed by atoms with Gasteiger partial charge in [-0.05, 0) is 189 Å². The smallest absolute Gasteiger partial charge is 0.339 e. The molecule has 0 radical (unpaired) electrons. The van der Waals surface area contributed by atoms with Gasteiger partial charge in [-0.1, -0.05) is 24.3 Å². The Balaban J connectivity index is 0.879. The Labute approximate surface area is 409 Å². The van der Waals surface area contributed by atoms with Gasteiger partial charge < -0.3 is 43.4 Å². The Morgan fingerprint density at radius 3 is 2.19 bits per heavy atom. The number of esters is 3. The highest BCUT2D eigenvalue weighted by atomic mass is 16.7. The SMILES string of the molecule is COC(=O)CC(O)(CCCC(C)(C)O)C(=O)O[C@@H]1C(OC)=C[C@]23CCCN2C(OC(=O)c2ccc4cc(-c5ccc(OC)c(C67CC8CC(CC(C8)C6)C7)c5)ccc4c2)Cc2cc4c(cc2[C@H]13)OCO4. The molecule has 13 heteroatoms. The number of carbonyl (C=O) groups excluding carboxylic acids is 3. The van der Waals surface area contributed by atoms with Gasteiger partial charge in [-0.3, -0.25) is 9.69 Å². The maximum Gasteiger partial charge on any atom is 0.339 e. The molecule has 5 aliphatic carbocycles. The molecule has 4 bridgehead atoms. The van der Waals surface area contributed by atoms with Crippen molar-refractivity contribution in [3.8, 4) is 28.4 Å². The first-order chi connectivity index (χ1) is 33.6. The highest BCUT2D eigenvalue weighted by molar-refractivity contribution is 5.97. The Morgan fingerprint density at radius 2 is 1.49 bits per heavy atom. The summed E-state index contributed by atoms with van der Waals surface area (Å²) >= 11 is 0. The van der Waals surface area contributed by atoms with E-state index in [1.807, 2.05) is 36.4 Å². The average molecular weight is 956 g/mol. The van der Waals surface area contributed by atoms with Gasteiger partial charge in [-0.2, -0.15) is 0 Å². The summed E-state index contributed by atoms with van der Waals surface area (Å²) in [4.78, 5) is 43.7. The second-order valence-electron chi connectivity index (χ2n) is 22.2. The van der Waals surface area contributed by atoms with E-state index in [4.69, 9.17) is 33.2 Å². The van der Waals surface area contributed by atoms with Crippen LogP contribution in [0, 0.1) is 17.8 Å². The van der Waals surface area contributed by atoms with Crippen molar-refractivity contribution in [2.24, 2.45) is 17.8 Å². The summed E-state index contributed by atoms with van der Waals surface area (Å²) < 4.78 is 41.7. The van der Waals surface area contributed by atoms with Gasteiger partial charge >= 0.3 is 17.9 Å². The van der Waals surface area contributed by atoms with E-state index in [0.29, 0.717) is 42.2 Å². The van der Waals surface area contributed by atoms with Crippen molar-refractivity contribution in [3.63, 3.8) is 0 Å². The molecule has 70 heavy (non-hydrogen) atoms. The van der Waals surface area contributed by atoms with Gasteiger partial charge in [0.1, 0.15) is 11.5 Å². The largest absolute Gasteiger partial charge is 0.497 e. The predicted molar refractivity (Wildman–Crippen MR) is 259 cm³/mol. The molecule has 0 amide bonds. The molecule has 370 valence electrons. The lowest BCUT2D eigenvalue weighted by Crippen LogP contribution is -2.53. The molecule has 2 N–H and O–H groups in total. The minimum absolute atomic E-state index is 0.0379. The zero-order valence-electron chi connectivity index (χ0n) is 40.9. The van der Waals surface area contributed by atoms with Crippen LogP contribution in [0.1, 0.15) is 124 Å². The van der Waals surface area contributed by atoms with E-state index in [2.05, 4.69) is 41.3 Å². The molecular weight excluding hydrogens is 891 g/mol. The van der Waals surface area contributed by atoms with Crippen molar-refractivity contribution >= 4 is 28.7 Å². The zero-order chi connectivity index (χ0) is 48.7. The minimum atomic E-state index is -2.25. The van der Waals surface area contributed by atoms with E-state index >= 15 is 0 Å². The van der Waals surface area contributed by atoms with E-state index < -0.39 is 59.3 Å². The first-order valence-corrected chi connectivity index (χ1v) is 25.2. The van der Waals surface area contributed by atoms with Crippen LogP contribution >= 0.6 is 0 Å². The fourth-order valence-electron chi connectivity index (χ4n) is 14.3. The number of hydrogen-bond donors (Lipinski definition) is 2. The first-order valence-electron chi connectivity index (χ1n) is 25.2. The maximum absolute atomic E-state index is 14.5. The molecule has 3 aliphatic heterocycles. The molecule has 5 atom stereocenters. The third-order valence-electron chi connectivity index (χ3n) is 17.1. The lowest BCUT2D eigenvalue weighted by molar-refractivity contribution is -0.179. The maximum atomic E-state index is 14.5. The van der Waals surface area contributed by atoms with Gasteiger partial charge in [0.05, 0.1) is 50.4 Å². The van der Waals surface area contributed by atoms with Gasteiger partial charge in [0.2, 0.25) is 6.79 Å². The summed E-state index contributed by atoms with van der Waals surface area (Å²) in [7, 11) is 4.50. The molecular formula is C57H65NO12. The van der Waals surface area contributed by atoms with Crippen LogP contribution in [-0.4, -0.2) is 96.8 Å². The number of nitrogens with zero attached hydrogens (tertiary/aromatic N) is 1. The molecule has 4 saturated carbocycles. The lowest BCUT2D eigenvalue weighted by atomic mass is 9.48. The third-order valence-corrected chi connectivity index (χ3v) is 17.1. The van der Waals surface area contributed by atoms with Crippen LogP contribution in [0.4, 0.5) is 0 Å². The van der Waals surface area contributed by atoms with Gasteiger partial charge in [0, 0.05) is 18.5 Å². The highest BCUT2D eigenvalue weighted by Gasteiger charge is 2.61. The molecule has 5 fully saturated rings. The number of fused-ring (bicyclic) bond motifs is 4. The lowest BCUT2D eigenvalue weighted by Gasteiger charge is -2.57. The summed E-state index contributed by atoms with van der Waals surface area (Å²) in [5.41, 5.74) is 1.72. The topological polar surface area (TPSA) is 160 Å². The fraction of sp³-hybridized carbons (Fsp3) is 0.526. The standard InChI is InChI=1S/C57H65NO12/c1-54(2,62)14-6-16-57(63,31-49(59)66-5)53(61)70-51-47(65-4)30-56-15-7-17-58(56)48(25-41-24-45-46(68-32-67-45)26-42(41)50(51)56)69-52(60)40-11-10-36-21-37(8-9-38(36)22-40)39-12-13-44(64-3)43(23-39)55-27-33-18-34(28-55)20-35(19-33)29-55/h8-13,21-24,26,30,33-35,48,50-51,62-63H,6-7,14-20,25,27-29,31-32H2,1-5H3/t33?,34?,35?,48?,50-,51-,55?,56+,57?/m1/s1. The average Bonchev–Trinajstić information content (AvgIpc) is 4.04. The molecule has 2 unspecified atom stereocenters. The van der Waals surface area contributed by atoms with Gasteiger partial charge in [-0.25, -0.2) is 9.59 Å². The molecule has 3 heterocycles. The highest BCUT2D eigenvalue weighted by Crippen LogP contribution is 2.62. The Morgan fingerprint density at radius 1 is 0.800 bits per heavy atom. The third kappa shape index (κ3) is 8.19. The number of methoxy groups -OCH3 is 3. The van der Waals surface area contributed by atoms with E-state index in [0.717, 1.165) is 57.4 Å². The van der Waals surface area contributed by atoms with Crippen molar-refractivity contribution in [1.29, 1.82) is 0 Å². The van der Waals surface area contributed by atoms with Crippen molar-refractivity contribution in [3.05, 3.63) is 101 Å². The van der Waals surface area contributed by atoms with Crippen LogP contribution in [0.15, 0.2) is 78.6 Å². The summed E-state index contributed by atoms with van der Waals surface area (Å²) in [6, 6.07) is 22.7. The second-order valence-corrected chi connectivity index (χ2v) is 22.2. The monoisotopic (exact) mass is 955 g/mol. The molecule has 4 aromatic rings. The normalized spacial score (nSPS) is 29.0. The number of rotatable bonds is 14. The van der Waals surface area contributed by atoms with E-state index in [-0.39, 0.29) is 31.5 Å². The fourth-order valence-corrected chi connectivity index (χ4v) is 14.3. The van der Waals surface area contributed by atoms with Crippen LogP contribution < -0.4 is 14.2 Å². The summed E-state index contributed by atoms with van der Waals surface area (Å²) in [6.07, 6.45) is 9.49. The Hall–Kier alpha value is -5.63. The van der Waals surface area contributed by atoms with E-state index in [1.54, 1.807) is 21.0 Å². The number of carbonyl (C=O) groups is 3. The molecule has 12 rings (SSSR count). The van der Waals surface area contributed by atoms with Crippen molar-refractivity contribution in [2.45, 2.75) is 138 Å². The second kappa shape index (κ2) is 17.6. The Bertz CT molecular complexity index is 2740. The van der Waals surface area contributed by atoms with Crippen LogP contribution in [-0.2, 0) is 40.4 Å². The molecule has 4 aromatic carbocycles. The van der Waals surface area contributed by atoms with Crippen molar-refractivity contribution in [1.82, 2.24) is 4.90 Å².